The number of anilines is 1. The summed E-state index contributed by atoms with van der Waals surface area (Å²) in [6.07, 6.45) is 11.4. The third-order valence-electron chi connectivity index (χ3n) is 9.97. The van der Waals surface area contributed by atoms with Gasteiger partial charge in [0.2, 0.25) is 5.91 Å². The molecule has 2 aromatic carbocycles. The molecule has 9 heteroatoms. The SMILES string of the molecule is O=C([C@@H]1CCCN(c2cccc(OC3(C(=O)N4CC[NH2+]CC4)CCCC3)c2)C1)N(Cc1ccc(-c2cn[nH]c2)cc1)C1CC1. The molecule has 2 amide bonds. The van der Waals surface area contributed by atoms with Gasteiger partial charge in [0.15, 0.2) is 5.60 Å². The highest BCUT2D eigenvalue weighted by molar-refractivity contribution is 5.86. The molecule has 2 aliphatic heterocycles. The smallest absolute Gasteiger partial charge is 0.267 e. The van der Waals surface area contributed by atoms with Gasteiger partial charge in [-0.2, -0.15) is 5.10 Å². The Labute approximate surface area is 259 Å². The van der Waals surface area contributed by atoms with Crippen LogP contribution in [0.4, 0.5) is 5.69 Å². The van der Waals surface area contributed by atoms with E-state index in [-0.39, 0.29) is 17.7 Å². The second-order valence-electron chi connectivity index (χ2n) is 13.1. The van der Waals surface area contributed by atoms with Gasteiger partial charge in [-0.05, 0) is 74.6 Å². The van der Waals surface area contributed by atoms with E-state index < -0.39 is 5.60 Å². The standard InChI is InChI=1S/C35H44N6O3/c42-33(41(30-12-13-30)24-26-8-10-27(11-9-26)29-22-37-38-23-29)28-5-4-18-40(25-28)31-6-3-7-32(21-31)44-35(14-1-2-15-35)34(43)39-19-16-36-17-20-39/h3,6-11,21-23,28,30,36H,1-2,4-5,12-20,24-25H2,(H,37,38)/p+1/t28-/m1/s1. The van der Waals surface area contributed by atoms with E-state index >= 15 is 0 Å². The first-order valence-electron chi connectivity index (χ1n) is 16.6. The molecule has 0 unspecified atom stereocenters. The quantitative estimate of drug-likeness (QED) is 0.393. The summed E-state index contributed by atoms with van der Waals surface area (Å²) in [6.45, 7) is 5.79. The van der Waals surface area contributed by atoms with Gasteiger partial charge < -0.3 is 24.8 Å². The second-order valence-corrected chi connectivity index (χ2v) is 13.1. The number of hydrogen-bond acceptors (Lipinski definition) is 5. The lowest BCUT2D eigenvalue weighted by molar-refractivity contribution is -0.662. The zero-order chi connectivity index (χ0) is 29.9. The minimum absolute atomic E-state index is 0.0298. The van der Waals surface area contributed by atoms with E-state index in [1.165, 1.54) is 0 Å². The number of nitrogens with one attached hydrogen (secondary N) is 1. The molecule has 3 N–H and O–H groups in total. The summed E-state index contributed by atoms with van der Waals surface area (Å²) in [5.74, 6) is 1.16. The Hall–Kier alpha value is -3.85. The molecule has 0 radical (unpaired) electrons. The number of nitrogens with two attached hydrogens (primary N) is 1. The molecule has 9 nitrogen and oxygen atoms in total. The van der Waals surface area contributed by atoms with Gasteiger partial charge in [-0.15, -0.1) is 0 Å². The zero-order valence-corrected chi connectivity index (χ0v) is 25.6. The fraction of sp³-hybridized carbons (Fsp3) is 0.514. The van der Waals surface area contributed by atoms with Crippen molar-refractivity contribution in [3.05, 3.63) is 66.5 Å². The predicted octanol–water partition coefficient (Wildman–Crippen LogP) is 3.58. The van der Waals surface area contributed by atoms with E-state index in [4.69, 9.17) is 4.74 Å². The maximum absolute atomic E-state index is 14.0. The minimum Gasteiger partial charge on any atom is -0.477 e. The van der Waals surface area contributed by atoms with E-state index in [1.54, 1.807) is 0 Å². The molecule has 0 bridgehead atoms. The average Bonchev–Trinajstić information content (AvgIpc) is 3.54. The van der Waals surface area contributed by atoms with Crippen LogP contribution < -0.4 is 15.0 Å². The molecule has 2 saturated heterocycles. The van der Waals surface area contributed by atoms with Gasteiger partial charge in [-0.25, -0.2) is 0 Å². The molecule has 1 atom stereocenters. The Balaban J connectivity index is 1.02. The highest BCUT2D eigenvalue weighted by Gasteiger charge is 2.46. The van der Waals surface area contributed by atoms with E-state index in [0.717, 1.165) is 112 Å². The number of amides is 2. The molecule has 232 valence electrons. The zero-order valence-electron chi connectivity index (χ0n) is 25.6. The lowest BCUT2D eigenvalue weighted by atomic mass is 9.95. The maximum atomic E-state index is 14.0. The highest BCUT2D eigenvalue weighted by atomic mass is 16.5. The molecule has 4 aliphatic rings. The Kier molecular flexibility index (Phi) is 8.30. The van der Waals surface area contributed by atoms with E-state index in [9.17, 15) is 9.59 Å². The Morgan fingerprint density at radius 2 is 1.77 bits per heavy atom. The fourth-order valence-electron chi connectivity index (χ4n) is 7.35. The predicted molar refractivity (Wildman–Crippen MR) is 169 cm³/mol. The first kappa shape index (κ1) is 28.9. The Morgan fingerprint density at radius 3 is 2.50 bits per heavy atom. The summed E-state index contributed by atoms with van der Waals surface area (Å²) in [5, 5.41) is 9.20. The van der Waals surface area contributed by atoms with Crippen molar-refractivity contribution in [3.8, 4) is 16.9 Å². The molecule has 7 rings (SSSR count). The van der Waals surface area contributed by atoms with Gasteiger partial charge in [0, 0.05) is 49.2 Å². The largest absolute Gasteiger partial charge is 0.477 e. The van der Waals surface area contributed by atoms with E-state index in [0.29, 0.717) is 19.1 Å². The van der Waals surface area contributed by atoms with Crippen molar-refractivity contribution in [2.45, 2.75) is 69.6 Å². The molecule has 3 aromatic rings. The number of carbonyl (C=O) groups is 2. The van der Waals surface area contributed by atoms with Gasteiger partial charge in [0.05, 0.1) is 38.3 Å². The highest BCUT2D eigenvalue weighted by Crippen LogP contribution is 2.38. The molecule has 0 spiro atoms. The van der Waals surface area contributed by atoms with Gasteiger partial charge in [0.1, 0.15) is 5.75 Å². The van der Waals surface area contributed by atoms with Crippen molar-refractivity contribution in [3.63, 3.8) is 0 Å². The molecular formula is C35H45N6O3+. The molecule has 1 aromatic heterocycles. The van der Waals surface area contributed by atoms with Crippen molar-refractivity contribution in [2.75, 3.05) is 44.2 Å². The molecule has 3 heterocycles. The lowest BCUT2D eigenvalue weighted by Gasteiger charge is -2.37. The molecule has 4 fully saturated rings. The molecule has 2 aliphatic carbocycles. The number of quaternary nitrogens is 1. The van der Waals surface area contributed by atoms with Crippen LogP contribution in [0.2, 0.25) is 0 Å². The van der Waals surface area contributed by atoms with Crippen LogP contribution in [0.25, 0.3) is 11.1 Å². The van der Waals surface area contributed by atoms with Gasteiger partial charge in [0.25, 0.3) is 5.91 Å². The first-order chi connectivity index (χ1) is 21.6. The normalized spacial score (nSPS) is 21.7. The summed E-state index contributed by atoms with van der Waals surface area (Å²) in [6, 6.07) is 17.1. The number of piperidine rings is 1. The number of piperazine rings is 1. The van der Waals surface area contributed by atoms with Crippen LogP contribution in [0, 0.1) is 5.92 Å². The number of aromatic amines is 1. The second kappa shape index (κ2) is 12.6. The number of nitrogens with zero attached hydrogens (tertiary/aromatic N) is 4. The fourth-order valence-corrected chi connectivity index (χ4v) is 7.35. The number of benzene rings is 2. The third kappa shape index (κ3) is 6.20. The Morgan fingerprint density at radius 1 is 0.977 bits per heavy atom. The topological polar surface area (TPSA) is 98.4 Å². The van der Waals surface area contributed by atoms with Crippen LogP contribution in [-0.4, -0.2) is 82.7 Å². The van der Waals surface area contributed by atoms with Gasteiger partial charge >= 0.3 is 0 Å². The van der Waals surface area contributed by atoms with Crippen molar-refractivity contribution in [1.29, 1.82) is 0 Å². The lowest BCUT2D eigenvalue weighted by Crippen LogP contribution is -2.90. The van der Waals surface area contributed by atoms with E-state index in [1.807, 2.05) is 29.4 Å². The average molecular weight is 598 g/mol. The molecule has 44 heavy (non-hydrogen) atoms. The number of H-pyrrole nitrogens is 1. The number of ether oxygens (including phenoxy) is 1. The van der Waals surface area contributed by atoms with Crippen molar-refractivity contribution in [1.82, 2.24) is 20.0 Å². The number of carbonyl (C=O) groups excluding carboxylic acids is 2. The first-order valence-corrected chi connectivity index (χ1v) is 16.6. The summed E-state index contributed by atoms with van der Waals surface area (Å²) < 4.78 is 6.65. The molecule has 2 saturated carbocycles. The van der Waals surface area contributed by atoms with E-state index in [2.05, 4.69) is 61.7 Å². The van der Waals surface area contributed by atoms with Crippen LogP contribution in [0.15, 0.2) is 60.9 Å². The van der Waals surface area contributed by atoms with Crippen LogP contribution >= 0.6 is 0 Å². The number of rotatable bonds is 9. The third-order valence-corrected chi connectivity index (χ3v) is 9.97. The molecular weight excluding hydrogens is 552 g/mol. The van der Waals surface area contributed by atoms with Crippen LogP contribution in [0.1, 0.15) is 56.9 Å². The van der Waals surface area contributed by atoms with Crippen LogP contribution in [-0.2, 0) is 16.1 Å². The van der Waals surface area contributed by atoms with Crippen molar-refractivity contribution < 1.29 is 19.6 Å². The number of hydrogen-bond donors (Lipinski definition) is 2. The number of aromatic nitrogens is 2. The monoisotopic (exact) mass is 597 g/mol. The van der Waals surface area contributed by atoms with Crippen molar-refractivity contribution >= 4 is 17.5 Å². The maximum Gasteiger partial charge on any atom is 0.267 e. The van der Waals surface area contributed by atoms with Gasteiger partial charge in [-0.3, -0.25) is 14.7 Å². The summed E-state index contributed by atoms with van der Waals surface area (Å²) in [7, 11) is 0. The summed E-state index contributed by atoms with van der Waals surface area (Å²) in [4.78, 5) is 34.2. The van der Waals surface area contributed by atoms with Crippen LogP contribution in [0.3, 0.4) is 0 Å². The van der Waals surface area contributed by atoms with Gasteiger partial charge in [-0.1, -0.05) is 30.3 Å². The minimum atomic E-state index is -0.752. The summed E-state index contributed by atoms with van der Waals surface area (Å²) in [5.41, 5.74) is 3.66. The van der Waals surface area contributed by atoms with Crippen molar-refractivity contribution in [2.24, 2.45) is 5.92 Å². The van der Waals surface area contributed by atoms with Crippen LogP contribution in [0.5, 0.6) is 5.75 Å². The Bertz CT molecular complexity index is 1420. The summed E-state index contributed by atoms with van der Waals surface area (Å²) >= 11 is 0.